The van der Waals surface area contributed by atoms with Crippen LogP contribution in [0.4, 0.5) is 0 Å². The summed E-state index contributed by atoms with van der Waals surface area (Å²) < 4.78 is 2.17. The van der Waals surface area contributed by atoms with E-state index in [1.807, 2.05) is 48.5 Å². The summed E-state index contributed by atoms with van der Waals surface area (Å²) in [5, 5.41) is 13.0. The van der Waals surface area contributed by atoms with Crippen molar-refractivity contribution in [3.8, 4) is 5.69 Å². The molecule has 1 aromatic heterocycles. The van der Waals surface area contributed by atoms with E-state index in [2.05, 4.69) is 57.4 Å². The smallest absolute Gasteiger partial charge is 0.220 e. The lowest BCUT2D eigenvalue weighted by molar-refractivity contribution is -0.121. The van der Waals surface area contributed by atoms with Crippen LogP contribution in [0.3, 0.4) is 0 Å². The van der Waals surface area contributed by atoms with Gasteiger partial charge in [-0.25, -0.2) is 0 Å². The molecule has 0 saturated carbocycles. The Morgan fingerprint density at radius 3 is 2.59 bits per heavy atom. The van der Waals surface area contributed by atoms with Crippen LogP contribution in [0, 0.1) is 5.92 Å². The first kappa shape index (κ1) is 24.0. The number of para-hydroxylation sites is 1. The molecule has 1 aliphatic carbocycles. The maximum Gasteiger partial charge on any atom is 0.220 e. The molecule has 1 amide bonds. The number of hydrogen-bond acceptors (Lipinski definition) is 4. The number of unbranched alkanes of at least 4 members (excludes halogenated alkanes) is 1. The minimum atomic E-state index is 0.0914. The summed E-state index contributed by atoms with van der Waals surface area (Å²) in [5.41, 5.74) is 3.63. The molecule has 1 unspecified atom stereocenters. The molecule has 0 spiro atoms. The lowest BCUT2D eigenvalue weighted by atomic mass is 9.97. The number of benzene rings is 2. The summed E-state index contributed by atoms with van der Waals surface area (Å²) >= 11 is 1.74. The Morgan fingerprint density at radius 1 is 1.06 bits per heavy atom. The topological polar surface area (TPSA) is 59.8 Å². The first-order chi connectivity index (χ1) is 16.7. The van der Waals surface area contributed by atoms with Gasteiger partial charge in [-0.3, -0.25) is 9.36 Å². The van der Waals surface area contributed by atoms with Crippen LogP contribution in [0.1, 0.15) is 44.0 Å². The molecule has 1 aliphatic rings. The first-order valence-corrected chi connectivity index (χ1v) is 13.0. The molecule has 0 fully saturated rings. The average Bonchev–Trinajstić information content (AvgIpc) is 3.28. The molecule has 176 valence electrons. The molecule has 34 heavy (non-hydrogen) atoms. The summed E-state index contributed by atoms with van der Waals surface area (Å²) in [6.45, 7) is 2.83. The Hall–Kier alpha value is -3.12. The fourth-order valence-electron chi connectivity index (χ4n) is 4.04. The summed E-state index contributed by atoms with van der Waals surface area (Å²) in [6.07, 6.45) is 10.8. The standard InChI is InChI=1S/C28H32N4OS/c1-22-11-10-14-24(19-22)21-34-28-31-30-26(32(28)25-15-6-3-7-16-25)17-8-9-18-27(33)29-20-23-12-4-2-5-13-23/h2-7,10-16,22H,8-9,17-21H2,1H3,(H,29,33). The van der Waals surface area contributed by atoms with Crippen LogP contribution in [-0.2, 0) is 17.8 Å². The molecule has 1 N–H and O–H groups in total. The number of nitrogens with one attached hydrogen (secondary N) is 1. The van der Waals surface area contributed by atoms with Crippen molar-refractivity contribution in [1.82, 2.24) is 20.1 Å². The third kappa shape index (κ3) is 6.94. The summed E-state index contributed by atoms with van der Waals surface area (Å²) in [4.78, 5) is 12.2. The molecular weight excluding hydrogens is 440 g/mol. The lowest BCUT2D eigenvalue weighted by Gasteiger charge is -2.14. The van der Waals surface area contributed by atoms with Gasteiger partial charge in [0.25, 0.3) is 0 Å². The predicted molar refractivity (Wildman–Crippen MR) is 139 cm³/mol. The summed E-state index contributed by atoms with van der Waals surface area (Å²) in [5.74, 6) is 2.55. The molecule has 2 aromatic carbocycles. The largest absolute Gasteiger partial charge is 0.352 e. The minimum absolute atomic E-state index is 0.0914. The number of rotatable bonds is 11. The van der Waals surface area contributed by atoms with Crippen LogP contribution in [0.25, 0.3) is 5.69 Å². The van der Waals surface area contributed by atoms with Gasteiger partial charge in [0.1, 0.15) is 5.82 Å². The number of aryl methyl sites for hydroxylation is 1. The van der Waals surface area contributed by atoms with Crippen LogP contribution in [0.2, 0.25) is 0 Å². The highest BCUT2D eigenvalue weighted by Crippen LogP contribution is 2.28. The maximum atomic E-state index is 12.2. The number of hydrogen-bond donors (Lipinski definition) is 1. The van der Waals surface area contributed by atoms with Gasteiger partial charge in [-0.1, -0.05) is 91.0 Å². The summed E-state index contributed by atoms with van der Waals surface area (Å²) in [7, 11) is 0. The molecule has 0 saturated heterocycles. The van der Waals surface area contributed by atoms with Gasteiger partial charge in [0.05, 0.1) is 0 Å². The van der Waals surface area contributed by atoms with E-state index in [1.165, 1.54) is 5.57 Å². The van der Waals surface area contributed by atoms with Crippen LogP contribution in [-0.4, -0.2) is 26.4 Å². The van der Waals surface area contributed by atoms with Crippen LogP contribution < -0.4 is 5.32 Å². The highest BCUT2D eigenvalue weighted by Gasteiger charge is 2.16. The fraction of sp³-hybridized carbons (Fsp3) is 0.321. The number of carbonyl (C=O) groups is 1. The van der Waals surface area contributed by atoms with Crippen molar-refractivity contribution >= 4 is 17.7 Å². The van der Waals surface area contributed by atoms with Crippen molar-refractivity contribution in [3.63, 3.8) is 0 Å². The van der Waals surface area contributed by atoms with E-state index in [-0.39, 0.29) is 5.91 Å². The van der Waals surface area contributed by atoms with Crippen molar-refractivity contribution in [2.75, 3.05) is 5.75 Å². The monoisotopic (exact) mass is 472 g/mol. The van der Waals surface area contributed by atoms with E-state index in [9.17, 15) is 4.79 Å². The van der Waals surface area contributed by atoms with Gasteiger partial charge in [0.15, 0.2) is 5.16 Å². The third-order valence-electron chi connectivity index (χ3n) is 5.84. The van der Waals surface area contributed by atoms with E-state index in [1.54, 1.807) is 11.8 Å². The second-order valence-corrected chi connectivity index (χ2v) is 9.66. The van der Waals surface area contributed by atoms with Gasteiger partial charge in [-0.15, -0.1) is 10.2 Å². The Bertz CT molecular complexity index is 1120. The van der Waals surface area contributed by atoms with Crippen molar-refractivity contribution in [3.05, 3.63) is 95.9 Å². The van der Waals surface area contributed by atoms with Crippen LogP contribution in [0.15, 0.2) is 89.6 Å². The molecule has 5 nitrogen and oxygen atoms in total. The number of thioether (sulfide) groups is 1. The molecule has 0 radical (unpaired) electrons. The number of allylic oxidation sites excluding steroid dienone is 3. The van der Waals surface area contributed by atoms with Crippen molar-refractivity contribution < 1.29 is 4.79 Å². The Labute approximate surface area is 206 Å². The van der Waals surface area contributed by atoms with Crippen LogP contribution in [0.5, 0.6) is 0 Å². The molecule has 6 heteroatoms. The highest BCUT2D eigenvalue weighted by atomic mass is 32.2. The van der Waals surface area contributed by atoms with E-state index < -0.39 is 0 Å². The second kappa shape index (κ2) is 12.4. The maximum absolute atomic E-state index is 12.2. The molecule has 0 bridgehead atoms. The quantitative estimate of drug-likeness (QED) is 0.278. The zero-order valence-corrected chi connectivity index (χ0v) is 20.5. The zero-order chi connectivity index (χ0) is 23.6. The minimum Gasteiger partial charge on any atom is -0.352 e. The molecule has 1 heterocycles. The van der Waals surface area contributed by atoms with Gasteiger partial charge >= 0.3 is 0 Å². The SMILES string of the molecule is CC1C=CC=C(CSc2nnc(CCCCC(=O)NCc3ccccc3)n2-c2ccccc2)C1. The van der Waals surface area contributed by atoms with E-state index in [0.717, 1.165) is 53.7 Å². The number of carbonyl (C=O) groups excluding carboxylic acids is 1. The van der Waals surface area contributed by atoms with Gasteiger partial charge < -0.3 is 5.32 Å². The van der Waals surface area contributed by atoms with Gasteiger partial charge in [0, 0.05) is 30.8 Å². The molecule has 3 aromatic rings. The van der Waals surface area contributed by atoms with Gasteiger partial charge in [-0.2, -0.15) is 0 Å². The normalized spacial score (nSPS) is 15.2. The Morgan fingerprint density at radius 2 is 1.82 bits per heavy atom. The third-order valence-corrected chi connectivity index (χ3v) is 6.88. The second-order valence-electron chi connectivity index (χ2n) is 8.72. The van der Waals surface area contributed by atoms with E-state index in [4.69, 9.17) is 0 Å². The Balaban J connectivity index is 1.32. The van der Waals surface area contributed by atoms with Crippen molar-refractivity contribution in [2.24, 2.45) is 5.92 Å². The molecule has 1 atom stereocenters. The zero-order valence-electron chi connectivity index (χ0n) is 19.7. The predicted octanol–water partition coefficient (Wildman–Crippen LogP) is 5.91. The van der Waals surface area contributed by atoms with Crippen molar-refractivity contribution in [1.29, 1.82) is 0 Å². The van der Waals surface area contributed by atoms with Crippen LogP contribution >= 0.6 is 11.8 Å². The van der Waals surface area contributed by atoms with Gasteiger partial charge in [-0.05, 0) is 42.9 Å². The lowest BCUT2D eigenvalue weighted by Crippen LogP contribution is -2.22. The molecule has 4 rings (SSSR count). The first-order valence-electron chi connectivity index (χ1n) is 12.0. The van der Waals surface area contributed by atoms with E-state index >= 15 is 0 Å². The number of nitrogens with zero attached hydrogens (tertiary/aromatic N) is 3. The fourth-order valence-corrected chi connectivity index (χ4v) is 5.01. The number of aromatic nitrogens is 3. The van der Waals surface area contributed by atoms with Crippen molar-refractivity contribution in [2.45, 2.75) is 50.7 Å². The van der Waals surface area contributed by atoms with Gasteiger partial charge in [0.2, 0.25) is 5.91 Å². The number of amides is 1. The molecule has 0 aliphatic heterocycles. The highest BCUT2D eigenvalue weighted by molar-refractivity contribution is 7.99. The summed E-state index contributed by atoms with van der Waals surface area (Å²) in [6, 6.07) is 20.3. The average molecular weight is 473 g/mol. The molecular formula is C28H32N4OS. The Kier molecular flexibility index (Phi) is 8.74. The van der Waals surface area contributed by atoms with E-state index in [0.29, 0.717) is 18.9 Å².